The first-order chi connectivity index (χ1) is 11.8. The second kappa shape index (κ2) is 5.96. The third-order valence-corrected chi connectivity index (χ3v) is 4.44. The Balaban J connectivity index is 1.64. The summed E-state index contributed by atoms with van der Waals surface area (Å²) in [6.45, 7) is 2.71. The lowest BCUT2D eigenvalue weighted by Crippen LogP contribution is -2.32. The number of nitrogens with zero attached hydrogens (tertiary/aromatic N) is 2. The molecule has 0 radical (unpaired) electrons. The van der Waals surface area contributed by atoms with Crippen LogP contribution in [0, 0.1) is 0 Å². The number of H-pyrrole nitrogens is 1. The van der Waals surface area contributed by atoms with Crippen LogP contribution in [0.1, 0.15) is 40.9 Å². The third kappa shape index (κ3) is 2.40. The van der Waals surface area contributed by atoms with Gasteiger partial charge < -0.3 is 15.0 Å². The summed E-state index contributed by atoms with van der Waals surface area (Å²) in [5.41, 5.74) is 3.44. The van der Waals surface area contributed by atoms with E-state index in [-0.39, 0.29) is 11.9 Å². The van der Waals surface area contributed by atoms with Gasteiger partial charge in [0.05, 0.1) is 18.2 Å². The fourth-order valence-electron chi connectivity index (χ4n) is 3.20. The molecule has 2 aromatic heterocycles. The molecule has 1 aromatic carbocycles. The fourth-order valence-corrected chi connectivity index (χ4v) is 3.20. The van der Waals surface area contributed by atoms with Gasteiger partial charge in [0, 0.05) is 29.8 Å². The minimum absolute atomic E-state index is 0.0534. The monoisotopic (exact) mass is 322 g/mol. The molecular weight excluding hydrogens is 304 g/mol. The van der Waals surface area contributed by atoms with Gasteiger partial charge in [0.2, 0.25) is 0 Å². The highest BCUT2D eigenvalue weighted by atomic mass is 16.5. The first-order valence-corrected chi connectivity index (χ1v) is 8.10. The van der Waals surface area contributed by atoms with Crippen LogP contribution in [-0.4, -0.2) is 27.5 Å². The molecule has 0 bridgehead atoms. The molecule has 6 heteroatoms. The van der Waals surface area contributed by atoms with Gasteiger partial charge in [-0.2, -0.15) is 0 Å². The standard InChI is InChI=1S/C18H18N4O2/c1-2-11-4-3-5-12-15(6-7-24-16(11)12)22-18(23)14-9-20-17-13(14)8-19-10-21-17/h3-5,8-10,15H,2,6-7H2,1H3,(H,22,23)(H,19,20,21). The van der Waals surface area contributed by atoms with Gasteiger partial charge in [0.15, 0.2) is 0 Å². The predicted octanol–water partition coefficient (Wildman–Crippen LogP) is 2.77. The number of rotatable bonds is 3. The topological polar surface area (TPSA) is 79.9 Å². The zero-order valence-corrected chi connectivity index (χ0v) is 13.4. The summed E-state index contributed by atoms with van der Waals surface area (Å²) in [7, 11) is 0. The molecule has 1 aliphatic heterocycles. The highest BCUT2D eigenvalue weighted by Crippen LogP contribution is 2.35. The van der Waals surface area contributed by atoms with Gasteiger partial charge in [-0.15, -0.1) is 0 Å². The van der Waals surface area contributed by atoms with Crippen LogP contribution in [0.2, 0.25) is 0 Å². The zero-order valence-electron chi connectivity index (χ0n) is 13.4. The van der Waals surface area contributed by atoms with Crippen molar-refractivity contribution >= 4 is 16.9 Å². The molecule has 1 amide bonds. The summed E-state index contributed by atoms with van der Waals surface area (Å²) in [5.74, 6) is 0.787. The largest absolute Gasteiger partial charge is 0.493 e. The van der Waals surface area contributed by atoms with E-state index in [4.69, 9.17) is 4.74 Å². The number of para-hydroxylation sites is 1. The van der Waals surface area contributed by atoms with Crippen LogP contribution in [0.15, 0.2) is 36.9 Å². The van der Waals surface area contributed by atoms with Gasteiger partial charge in [0.1, 0.15) is 17.7 Å². The number of hydrogen-bond acceptors (Lipinski definition) is 4. The van der Waals surface area contributed by atoms with Crippen molar-refractivity contribution in [1.82, 2.24) is 20.3 Å². The van der Waals surface area contributed by atoms with Crippen molar-refractivity contribution in [2.45, 2.75) is 25.8 Å². The molecule has 0 saturated heterocycles. The van der Waals surface area contributed by atoms with Crippen molar-refractivity contribution in [3.8, 4) is 5.75 Å². The van der Waals surface area contributed by atoms with Crippen LogP contribution < -0.4 is 10.1 Å². The van der Waals surface area contributed by atoms with Crippen molar-refractivity contribution in [2.75, 3.05) is 6.61 Å². The van der Waals surface area contributed by atoms with Gasteiger partial charge in [0.25, 0.3) is 5.91 Å². The maximum Gasteiger partial charge on any atom is 0.254 e. The molecular formula is C18H18N4O2. The SMILES string of the molecule is CCc1cccc2c1OCCC2NC(=O)c1c[nH]c2ncncc12. The van der Waals surface area contributed by atoms with E-state index in [1.54, 1.807) is 12.4 Å². The Bertz CT molecular complexity index is 903. The Hall–Kier alpha value is -2.89. The zero-order chi connectivity index (χ0) is 16.5. The van der Waals surface area contributed by atoms with Gasteiger partial charge >= 0.3 is 0 Å². The highest BCUT2D eigenvalue weighted by molar-refractivity contribution is 6.05. The maximum atomic E-state index is 12.7. The first kappa shape index (κ1) is 14.7. The molecule has 2 N–H and O–H groups in total. The second-order valence-corrected chi connectivity index (χ2v) is 5.84. The van der Waals surface area contributed by atoms with E-state index in [9.17, 15) is 4.79 Å². The molecule has 24 heavy (non-hydrogen) atoms. The number of benzene rings is 1. The number of amides is 1. The number of aromatic nitrogens is 3. The summed E-state index contributed by atoms with van der Waals surface area (Å²) < 4.78 is 5.84. The summed E-state index contributed by atoms with van der Waals surface area (Å²) in [5, 5.41) is 3.85. The van der Waals surface area contributed by atoms with E-state index >= 15 is 0 Å². The van der Waals surface area contributed by atoms with Crippen molar-refractivity contribution in [3.63, 3.8) is 0 Å². The molecule has 0 saturated carbocycles. The summed E-state index contributed by atoms with van der Waals surface area (Å²) in [4.78, 5) is 23.9. The lowest BCUT2D eigenvalue weighted by atomic mass is 9.96. The average Bonchev–Trinajstić information content (AvgIpc) is 3.05. The van der Waals surface area contributed by atoms with Crippen LogP contribution in [0.25, 0.3) is 11.0 Å². The molecule has 1 aliphatic rings. The van der Waals surface area contributed by atoms with Crippen molar-refractivity contribution in [1.29, 1.82) is 0 Å². The highest BCUT2D eigenvalue weighted by Gasteiger charge is 2.25. The summed E-state index contributed by atoms with van der Waals surface area (Å²) in [6.07, 6.45) is 6.45. The molecule has 6 nitrogen and oxygen atoms in total. The van der Waals surface area contributed by atoms with Gasteiger partial charge in [-0.3, -0.25) is 4.79 Å². The lowest BCUT2D eigenvalue weighted by Gasteiger charge is -2.28. The van der Waals surface area contributed by atoms with Gasteiger partial charge in [-0.05, 0) is 12.0 Å². The number of aryl methyl sites for hydroxylation is 1. The number of aromatic amines is 1. The molecule has 1 unspecified atom stereocenters. The number of hydrogen-bond donors (Lipinski definition) is 2. The van der Waals surface area contributed by atoms with E-state index in [0.29, 0.717) is 17.8 Å². The van der Waals surface area contributed by atoms with E-state index in [2.05, 4.69) is 33.3 Å². The third-order valence-electron chi connectivity index (χ3n) is 4.44. The van der Waals surface area contributed by atoms with Crippen LogP contribution in [0.5, 0.6) is 5.75 Å². The molecule has 4 rings (SSSR count). The van der Waals surface area contributed by atoms with E-state index in [0.717, 1.165) is 29.5 Å². The molecule has 0 aliphatic carbocycles. The van der Waals surface area contributed by atoms with Crippen molar-refractivity contribution in [2.24, 2.45) is 0 Å². The van der Waals surface area contributed by atoms with Crippen LogP contribution in [-0.2, 0) is 6.42 Å². The van der Waals surface area contributed by atoms with Crippen LogP contribution in [0.3, 0.4) is 0 Å². The van der Waals surface area contributed by atoms with Crippen molar-refractivity contribution in [3.05, 3.63) is 53.6 Å². The number of carbonyl (C=O) groups is 1. The quantitative estimate of drug-likeness (QED) is 0.777. The Morgan fingerprint density at radius 2 is 2.38 bits per heavy atom. The molecule has 0 fully saturated rings. The van der Waals surface area contributed by atoms with Crippen molar-refractivity contribution < 1.29 is 9.53 Å². The Morgan fingerprint density at radius 1 is 1.46 bits per heavy atom. The minimum Gasteiger partial charge on any atom is -0.493 e. The maximum absolute atomic E-state index is 12.7. The predicted molar refractivity (Wildman–Crippen MR) is 90.0 cm³/mol. The second-order valence-electron chi connectivity index (χ2n) is 5.84. The van der Waals surface area contributed by atoms with Gasteiger partial charge in [-0.1, -0.05) is 25.1 Å². The smallest absolute Gasteiger partial charge is 0.254 e. The Kier molecular flexibility index (Phi) is 3.65. The molecule has 3 heterocycles. The summed E-state index contributed by atoms with van der Waals surface area (Å²) >= 11 is 0. The molecule has 122 valence electrons. The number of fused-ring (bicyclic) bond motifs is 2. The summed E-state index contributed by atoms with van der Waals surface area (Å²) in [6, 6.07) is 6.06. The van der Waals surface area contributed by atoms with Crippen LogP contribution >= 0.6 is 0 Å². The average molecular weight is 322 g/mol. The molecule has 0 spiro atoms. The lowest BCUT2D eigenvalue weighted by molar-refractivity contribution is 0.0926. The van der Waals surface area contributed by atoms with E-state index < -0.39 is 0 Å². The minimum atomic E-state index is -0.129. The fraction of sp³-hybridized carbons (Fsp3) is 0.278. The van der Waals surface area contributed by atoms with E-state index in [1.165, 1.54) is 11.9 Å². The Morgan fingerprint density at radius 3 is 3.25 bits per heavy atom. The number of carbonyl (C=O) groups excluding carboxylic acids is 1. The van der Waals surface area contributed by atoms with Gasteiger partial charge in [-0.25, -0.2) is 9.97 Å². The number of nitrogens with one attached hydrogen (secondary N) is 2. The normalized spacial score (nSPS) is 16.5. The van der Waals surface area contributed by atoms with Crippen LogP contribution in [0.4, 0.5) is 0 Å². The van der Waals surface area contributed by atoms with E-state index in [1.807, 2.05) is 12.1 Å². The molecule has 1 atom stereocenters. The Labute approximate surface area is 139 Å². The number of ether oxygens (including phenoxy) is 1. The molecule has 3 aromatic rings. The first-order valence-electron chi connectivity index (χ1n) is 8.10.